The number of aryl methyl sites for hydroxylation is 1. The van der Waals surface area contributed by atoms with Gasteiger partial charge in [0.15, 0.2) is 0 Å². The van der Waals surface area contributed by atoms with Gasteiger partial charge in [-0.1, -0.05) is 33.8 Å². The van der Waals surface area contributed by atoms with E-state index in [0.29, 0.717) is 0 Å². The molecule has 0 saturated heterocycles. The van der Waals surface area contributed by atoms with Gasteiger partial charge in [0.25, 0.3) is 0 Å². The third-order valence-electron chi connectivity index (χ3n) is 3.18. The molecule has 0 unspecified atom stereocenters. The Kier molecular flexibility index (Phi) is 2.62. The second-order valence-corrected chi connectivity index (χ2v) is 5.77. The standard InChI is InChI=1S/C15H22/c1-9(2)6-12-8-13(7-10(3)4)15-11(5)14(12)15/h8-10H,6-7H2,1-5H3. The first-order valence-electron chi connectivity index (χ1n) is 6.16. The Bertz CT molecular complexity index is 349. The Hall–Kier alpha value is -0.780. The molecule has 0 bridgehead atoms. The van der Waals surface area contributed by atoms with Gasteiger partial charge in [0.1, 0.15) is 0 Å². The van der Waals surface area contributed by atoms with Gasteiger partial charge in [-0.25, -0.2) is 0 Å². The third-order valence-corrected chi connectivity index (χ3v) is 3.18. The Balaban J connectivity index is 2.21. The van der Waals surface area contributed by atoms with Gasteiger partial charge < -0.3 is 0 Å². The van der Waals surface area contributed by atoms with E-state index in [0.717, 1.165) is 11.8 Å². The molecule has 0 saturated carbocycles. The molecule has 0 fully saturated rings. The predicted octanol–water partition coefficient (Wildman–Crippen LogP) is 4.37. The second-order valence-electron chi connectivity index (χ2n) is 5.77. The fourth-order valence-corrected chi connectivity index (χ4v) is 2.64. The molecular formula is C15H22. The number of hydrogen-bond donors (Lipinski definition) is 0. The zero-order valence-corrected chi connectivity index (χ0v) is 10.6. The molecule has 0 radical (unpaired) electrons. The summed E-state index contributed by atoms with van der Waals surface area (Å²) >= 11 is 0. The molecule has 0 heterocycles. The smallest absolute Gasteiger partial charge is 0.0110 e. The number of fused-ring (bicyclic) bond motifs is 1. The van der Waals surface area contributed by atoms with Gasteiger partial charge >= 0.3 is 0 Å². The largest absolute Gasteiger partial charge is 0.0625 e. The summed E-state index contributed by atoms with van der Waals surface area (Å²) in [6, 6.07) is 2.46. The Labute approximate surface area is 93.7 Å². The van der Waals surface area contributed by atoms with Gasteiger partial charge in [-0.05, 0) is 59.4 Å². The Morgan fingerprint density at radius 3 is 1.60 bits per heavy atom. The van der Waals surface area contributed by atoms with Crippen molar-refractivity contribution >= 4 is 0 Å². The summed E-state index contributed by atoms with van der Waals surface area (Å²) in [5.74, 6) is 1.55. The molecule has 0 amide bonds. The van der Waals surface area contributed by atoms with Crippen LogP contribution < -0.4 is 0 Å². The lowest BCUT2D eigenvalue weighted by atomic mass is 10.0. The predicted molar refractivity (Wildman–Crippen MR) is 67.3 cm³/mol. The van der Waals surface area contributed by atoms with Crippen molar-refractivity contribution in [1.82, 2.24) is 0 Å². The molecule has 0 spiro atoms. The fourth-order valence-electron chi connectivity index (χ4n) is 2.64. The summed E-state index contributed by atoms with van der Waals surface area (Å²) in [5, 5.41) is 0. The number of benzene rings is 1. The maximum Gasteiger partial charge on any atom is -0.0110 e. The van der Waals surface area contributed by atoms with Crippen molar-refractivity contribution in [2.75, 3.05) is 0 Å². The van der Waals surface area contributed by atoms with E-state index in [1.54, 1.807) is 27.8 Å². The van der Waals surface area contributed by atoms with Crippen LogP contribution in [-0.2, 0) is 12.8 Å². The van der Waals surface area contributed by atoms with Crippen LogP contribution in [0.5, 0.6) is 0 Å². The van der Waals surface area contributed by atoms with Gasteiger partial charge in [-0.15, -0.1) is 0 Å². The summed E-state index contributed by atoms with van der Waals surface area (Å²) in [7, 11) is 0. The van der Waals surface area contributed by atoms with Crippen molar-refractivity contribution in [3.05, 3.63) is 22.8 Å². The van der Waals surface area contributed by atoms with Crippen molar-refractivity contribution in [2.45, 2.75) is 47.5 Å². The van der Waals surface area contributed by atoms with E-state index in [4.69, 9.17) is 0 Å². The minimum Gasteiger partial charge on any atom is -0.0625 e. The minimum absolute atomic E-state index is 0.775. The van der Waals surface area contributed by atoms with E-state index >= 15 is 0 Å². The summed E-state index contributed by atoms with van der Waals surface area (Å²) in [6.45, 7) is 11.5. The lowest BCUT2D eigenvalue weighted by Crippen LogP contribution is -1.94. The first-order valence-corrected chi connectivity index (χ1v) is 6.16. The molecule has 0 aromatic rings. The van der Waals surface area contributed by atoms with Crippen LogP contribution in [0.4, 0.5) is 0 Å². The highest BCUT2D eigenvalue weighted by atomic mass is 14.3. The van der Waals surface area contributed by atoms with Gasteiger partial charge in [0.05, 0.1) is 0 Å². The van der Waals surface area contributed by atoms with E-state index < -0.39 is 0 Å². The average molecular weight is 202 g/mol. The van der Waals surface area contributed by atoms with E-state index in [2.05, 4.69) is 40.7 Å². The van der Waals surface area contributed by atoms with Crippen molar-refractivity contribution in [1.29, 1.82) is 0 Å². The van der Waals surface area contributed by atoms with Crippen LogP contribution >= 0.6 is 0 Å². The van der Waals surface area contributed by atoms with Crippen molar-refractivity contribution < 1.29 is 0 Å². The lowest BCUT2D eigenvalue weighted by Gasteiger charge is -2.03. The van der Waals surface area contributed by atoms with Gasteiger partial charge in [0.2, 0.25) is 0 Å². The van der Waals surface area contributed by atoms with Crippen LogP contribution in [0.2, 0.25) is 0 Å². The van der Waals surface area contributed by atoms with Crippen molar-refractivity contribution in [3.8, 4) is 11.1 Å². The van der Waals surface area contributed by atoms with Crippen LogP contribution in [0, 0.1) is 18.8 Å². The van der Waals surface area contributed by atoms with Crippen LogP contribution in [0.3, 0.4) is 0 Å². The van der Waals surface area contributed by atoms with Gasteiger partial charge in [0, 0.05) is 0 Å². The maximum atomic E-state index is 2.46. The topological polar surface area (TPSA) is 0 Å². The van der Waals surface area contributed by atoms with Gasteiger partial charge in [-0.2, -0.15) is 0 Å². The van der Waals surface area contributed by atoms with E-state index in [1.807, 2.05) is 0 Å². The first-order chi connectivity index (χ1) is 7.00. The lowest BCUT2D eigenvalue weighted by molar-refractivity contribution is 0.642. The van der Waals surface area contributed by atoms with Crippen molar-refractivity contribution in [2.24, 2.45) is 11.8 Å². The molecular weight excluding hydrogens is 180 g/mol. The summed E-state index contributed by atoms with van der Waals surface area (Å²) < 4.78 is 0. The number of hydrogen-bond acceptors (Lipinski definition) is 0. The highest BCUT2D eigenvalue weighted by Crippen LogP contribution is 2.49. The molecule has 15 heavy (non-hydrogen) atoms. The van der Waals surface area contributed by atoms with Crippen molar-refractivity contribution in [3.63, 3.8) is 0 Å². The van der Waals surface area contributed by atoms with E-state index in [9.17, 15) is 0 Å². The molecule has 2 aliphatic rings. The molecule has 0 nitrogen and oxygen atoms in total. The molecule has 0 aromatic carbocycles. The molecule has 2 rings (SSSR count). The van der Waals surface area contributed by atoms with Crippen LogP contribution in [0.1, 0.15) is 44.4 Å². The second kappa shape index (κ2) is 3.66. The Morgan fingerprint density at radius 2 is 1.27 bits per heavy atom. The molecule has 0 aromatic heterocycles. The maximum absolute atomic E-state index is 2.46. The number of rotatable bonds is 4. The third kappa shape index (κ3) is 1.95. The van der Waals surface area contributed by atoms with Crippen LogP contribution in [-0.4, -0.2) is 0 Å². The van der Waals surface area contributed by atoms with Gasteiger partial charge in [-0.3, -0.25) is 0 Å². The zero-order chi connectivity index (χ0) is 11.2. The van der Waals surface area contributed by atoms with Crippen LogP contribution in [0.25, 0.3) is 11.1 Å². The minimum atomic E-state index is 0.775. The molecule has 0 atom stereocenters. The monoisotopic (exact) mass is 202 g/mol. The van der Waals surface area contributed by atoms with E-state index in [-0.39, 0.29) is 0 Å². The highest BCUT2D eigenvalue weighted by Gasteiger charge is 2.29. The first kappa shape index (κ1) is 10.7. The molecule has 0 N–H and O–H groups in total. The van der Waals surface area contributed by atoms with Crippen LogP contribution in [0.15, 0.2) is 6.07 Å². The normalized spacial score (nSPS) is 12.7. The fraction of sp³-hybridized carbons (Fsp3) is 0.600. The Morgan fingerprint density at radius 1 is 0.867 bits per heavy atom. The molecule has 0 heteroatoms. The zero-order valence-electron chi connectivity index (χ0n) is 10.6. The molecule has 82 valence electrons. The van der Waals surface area contributed by atoms with E-state index in [1.165, 1.54) is 12.8 Å². The SMILES string of the molecule is Cc1c2c(CC(C)C)cc(CC(C)C)c1-2. The summed E-state index contributed by atoms with van der Waals surface area (Å²) in [5.41, 5.74) is 8.00. The molecule has 2 aliphatic carbocycles. The summed E-state index contributed by atoms with van der Waals surface area (Å²) in [6.07, 6.45) is 2.50. The molecule has 0 aliphatic heterocycles. The quantitative estimate of drug-likeness (QED) is 0.690. The summed E-state index contributed by atoms with van der Waals surface area (Å²) in [4.78, 5) is 0. The highest BCUT2D eigenvalue weighted by molar-refractivity contribution is 5.95. The average Bonchev–Trinajstić information content (AvgIpc) is 2.59.